The summed E-state index contributed by atoms with van der Waals surface area (Å²) >= 11 is 0. The molecule has 0 bridgehead atoms. The standard InChI is InChI=1S/C18H27N3O2/c22-17-11-15(13-21-9-5-8-19-21)10-16(17)20-18(23)12-14-6-3-1-2-4-7-14/h1-2,5,8-9,14-17,22H,3-4,6-7,10-13H2,(H,20,23)/t15?,16-,17-/m1/s1. The minimum absolute atomic E-state index is 0.0979. The molecule has 0 spiro atoms. The maximum Gasteiger partial charge on any atom is 0.220 e. The van der Waals surface area contributed by atoms with E-state index in [0.717, 1.165) is 45.1 Å². The lowest BCUT2D eigenvalue weighted by molar-refractivity contribution is -0.123. The Morgan fingerprint density at radius 3 is 2.70 bits per heavy atom. The Hall–Kier alpha value is -1.62. The lowest BCUT2D eigenvalue weighted by Gasteiger charge is -2.19. The molecule has 0 saturated heterocycles. The quantitative estimate of drug-likeness (QED) is 0.819. The fourth-order valence-electron chi connectivity index (χ4n) is 3.87. The molecule has 126 valence electrons. The summed E-state index contributed by atoms with van der Waals surface area (Å²) in [5.74, 6) is 0.946. The Labute approximate surface area is 137 Å². The van der Waals surface area contributed by atoms with Gasteiger partial charge in [0.25, 0.3) is 0 Å². The van der Waals surface area contributed by atoms with Gasteiger partial charge in [0.1, 0.15) is 0 Å². The molecular formula is C18H27N3O2. The van der Waals surface area contributed by atoms with Gasteiger partial charge >= 0.3 is 0 Å². The SMILES string of the molecule is O=C(CC1CCC=CCC1)N[C@@H]1CC(Cn2cccn2)C[C@H]1O. The minimum atomic E-state index is -0.435. The van der Waals surface area contributed by atoms with Crippen molar-refractivity contribution in [2.24, 2.45) is 11.8 Å². The topological polar surface area (TPSA) is 67.2 Å². The van der Waals surface area contributed by atoms with Crippen molar-refractivity contribution in [2.75, 3.05) is 0 Å². The van der Waals surface area contributed by atoms with Crippen molar-refractivity contribution in [2.45, 2.75) is 63.6 Å². The zero-order valence-corrected chi connectivity index (χ0v) is 13.6. The van der Waals surface area contributed by atoms with Gasteiger partial charge in [-0.1, -0.05) is 12.2 Å². The summed E-state index contributed by atoms with van der Waals surface area (Å²) in [5.41, 5.74) is 0. The maximum absolute atomic E-state index is 12.3. The molecule has 1 fully saturated rings. The summed E-state index contributed by atoms with van der Waals surface area (Å²) in [5, 5.41) is 17.5. The van der Waals surface area contributed by atoms with Crippen LogP contribution in [0.2, 0.25) is 0 Å². The van der Waals surface area contributed by atoms with Crippen LogP contribution in [0.3, 0.4) is 0 Å². The van der Waals surface area contributed by atoms with Crippen molar-refractivity contribution in [1.82, 2.24) is 15.1 Å². The minimum Gasteiger partial charge on any atom is -0.391 e. The Morgan fingerprint density at radius 1 is 1.22 bits per heavy atom. The van der Waals surface area contributed by atoms with Crippen LogP contribution in [0.5, 0.6) is 0 Å². The van der Waals surface area contributed by atoms with Crippen LogP contribution in [0.1, 0.15) is 44.9 Å². The lowest BCUT2D eigenvalue weighted by atomic mass is 9.95. The van der Waals surface area contributed by atoms with Crippen LogP contribution in [0.4, 0.5) is 0 Å². The van der Waals surface area contributed by atoms with Crippen LogP contribution in [0.25, 0.3) is 0 Å². The van der Waals surface area contributed by atoms with Gasteiger partial charge in [0.05, 0.1) is 12.1 Å². The molecule has 3 atom stereocenters. The molecule has 0 radical (unpaired) electrons. The molecule has 1 aromatic rings. The van der Waals surface area contributed by atoms with Gasteiger partial charge in [-0.3, -0.25) is 9.48 Å². The van der Waals surface area contributed by atoms with Gasteiger partial charge in [-0.05, 0) is 56.4 Å². The number of aliphatic hydroxyl groups excluding tert-OH is 1. The predicted molar refractivity (Wildman–Crippen MR) is 88.6 cm³/mol. The van der Waals surface area contributed by atoms with E-state index >= 15 is 0 Å². The van der Waals surface area contributed by atoms with Gasteiger partial charge in [0.15, 0.2) is 0 Å². The molecule has 2 aliphatic rings. The van der Waals surface area contributed by atoms with Crippen LogP contribution in [0.15, 0.2) is 30.6 Å². The van der Waals surface area contributed by atoms with E-state index in [2.05, 4.69) is 22.6 Å². The molecule has 5 heteroatoms. The first-order valence-corrected chi connectivity index (χ1v) is 8.80. The Morgan fingerprint density at radius 2 is 2.00 bits per heavy atom. The number of rotatable bonds is 5. The fourth-order valence-corrected chi connectivity index (χ4v) is 3.87. The average Bonchev–Trinajstić information content (AvgIpc) is 3.05. The largest absolute Gasteiger partial charge is 0.391 e. The second-order valence-electron chi connectivity index (χ2n) is 7.00. The third kappa shape index (κ3) is 4.67. The number of aliphatic hydroxyl groups is 1. The Bertz CT molecular complexity index is 516. The van der Waals surface area contributed by atoms with Crippen LogP contribution in [0, 0.1) is 11.8 Å². The zero-order chi connectivity index (χ0) is 16.1. The van der Waals surface area contributed by atoms with Crippen molar-refractivity contribution in [3.8, 4) is 0 Å². The number of nitrogens with zero attached hydrogens (tertiary/aromatic N) is 2. The number of allylic oxidation sites excluding steroid dienone is 2. The van der Waals surface area contributed by atoms with E-state index in [9.17, 15) is 9.90 Å². The van der Waals surface area contributed by atoms with E-state index in [1.165, 1.54) is 0 Å². The second kappa shape index (κ2) is 7.77. The molecule has 1 saturated carbocycles. The van der Waals surface area contributed by atoms with Crippen LogP contribution < -0.4 is 5.32 Å². The van der Waals surface area contributed by atoms with Crippen molar-refractivity contribution >= 4 is 5.91 Å². The average molecular weight is 317 g/mol. The number of carbonyl (C=O) groups is 1. The number of hydrogen-bond acceptors (Lipinski definition) is 3. The van der Waals surface area contributed by atoms with Gasteiger partial charge in [0, 0.05) is 25.4 Å². The Kier molecular flexibility index (Phi) is 5.49. The highest BCUT2D eigenvalue weighted by atomic mass is 16.3. The fraction of sp³-hybridized carbons (Fsp3) is 0.667. The van der Waals surface area contributed by atoms with Gasteiger partial charge < -0.3 is 10.4 Å². The van der Waals surface area contributed by atoms with Gasteiger partial charge in [-0.2, -0.15) is 5.10 Å². The van der Waals surface area contributed by atoms with Gasteiger partial charge in [-0.15, -0.1) is 0 Å². The summed E-state index contributed by atoms with van der Waals surface area (Å²) in [4.78, 5) is 12.3. The molecule has 23 heavy (non-hydrogen) atoms. The highest BCUT2D eigenvalue weighted by Gasteiger charge is 2.34. The van der Waals surface area contributed by atoms with E-state index in [4.69, 9.17) is 0 Å². The van der Waals surface area contributed by atoms with Crippen LogP contribution in [-0.4, -0.2) is 32.9 Å². The number of hydrogen-bond donors (Lipinski definition) is 2. The molecule has 3 rings (SSSR count). The van der Waals surface area contributed by atoms with E-state index in [1.54, 1.807) is 6.20 Å². The molecule has 0 aliphatic heterocycles. The first kappa shape index (κ1) is 16.2. The third-order valence-corrected chi connectivity index (χ3v) is 5.10. The monoisotopic (exact) mass is 317 g/mol. The molecule has 1 heterocycles. The highest BCUT2D eigenvalue weighted by molar-refractivity contribution is 5.76. The smallest absolute Gasteiger partial charge is 0.220 e. The normalized spacial score (nSPS) is 28.7. The number of nitrogens with one attached hydrogen (secondary N) is 1. The molecule has 5 nitrogen and oxygen atoms in total. The number of amides is 1. The molecule has 1 unspecified atom stereocenters. The van der Waals surface area contributed by atoms with Crippen molar-refractivity contribution in [3.63, 3.8) is 0 Å². The van der Waals surface area contributed by atoms with Crippen molar-refractivity contribution < 1.29 is 9.90 Å². The van der Waals surface area contributed by atoms with Crippen LogP contribution in [-0.2, 0) is 11.3 Å². The zero-order valence-electron chi connectivity index (χ0n) is 13.6. The summed E-state index contributed by atoms with van der Waals surface area (Å²) in [6.07, 6.45) is 14.2. The number of carbonyl (C=O) groups excluding carboxylic acids is 1. The van der Waals surface area contributed by atoms with E-state index in [0.29, 0.717) is 18.3 Å². The molecule has 2 aliphatic carbocycles. The van der Waals surface area contributed by atoms with E-state index in [-0.39, 0.29) is 11.9 Å². The van der Waals surface area contributed by atoms with Crippen molar-refractivity contribution in [3.05, 3.63) is 30.6 Å². The van der Waals surface area contributed by atoms with Gasteiger partial charge in [-0.25, -0.2) is 0 Å². The molecule has 1 aromatic heterocycles. The molecule has 0 aromatic carbocycles. The first-order chi connectivity index (χ1) is 11.2. The summed E-state index contributed by atoms with van der Waals surface area (Å²) in [6, 6.07) is 1.80. The lowest BCUT2D eigenvalue weighted by Crippen LogP contribution is -2.40. The van der Waals surface area contributed by atoms with E-state index < -0.39 is 6.10 Å². The predicted octanol–water partition coefficient (Wildman–Crippen LogP) is 2.28. The summed E-state index contributed by atoms with van der Waals surface area (Å²) < 4.78 is 1.90. The molecule has 1 amide bonds. The van der Waals surface area contributed by atoms with Gasteiger partial charge in [0.2, 0.25) is 5.91 Å². The second-order valence-corrected chi connectivity index (χ2v) is 7.00. The highest BCUT2D eigenvalue weighted by Crippen LogP contribution is 2.28. The first-order valence-electron chi connectivity index (χ1n) is 8.80. The van der Waals surface area contributed by atoms with Crippen molar-refractivity contribution in [1.29, 1.82) is 0 Å². The molecular weight excluding hydrogens is 290 g/mol. The summed E-state index contributed by atoms with van der Waals surface area (Å²) in [6.45, 7) is 0.810. The number of aromatic nitrogens is 2. The van der Waals surface area contributed by atoms with Crippen LogP contribution >= 0.6 is 0 Å². The maximum atomic E-state index is 12.3. The molecule has 2 N–H and O–H groups in total. The van der Waals surface area contributed by atoms with E-state index in [1.807, 2.05) is 16.9 Å². The third-order valence-electron chi connectivity index (χ3n) is 5.10. The summed E-state index contributed by atoms with van der Waals surface area (Å²) in [7, 11) is 0. The Balaban J connectivity index is 1.44.